The number of amides is 3. The number of aromatic nitrogens is 2. The molecule has 2 N–H and O–H groups in total. The van der Waals surface area contributed by atoms with Crippen molar-refractivity contribution in [3.05, 3.63) is 27.4 Å². The molecule has 1 fully saturated rings. The van der Waals surface area contributed by atoms with Gasteiger partial charge < -0.3 is 15.5 Å². The van der Waals surface area contributed by atoms with E-state index in [2.05, 4.69) is 4.98 Å². The fourth-order valence-electron chi connectivity index (χ4n) is 3.32. The van der Waals surface area contributed by atoms with Crippen LogP contribution in [-0.2, 0) is 24.9 Å². The van der Waals surface area contributed by atoms with Gasteiger partial charge in [0.1, 0.15) is 5.82 Å². The van der Waals surface area contributed by atoms with E-state index in [9.17, 15) is 14.4 Å². The molecule has 3 rings (SSSR count). The maximum absolute atomic E-state index is 12.7. The van der Waals surface area contributed by atoms with E-state index in [4.69, 9.17) is 5.73 Å². The van der Waals surface area contributed by atoms with Crippen molar-refractivity contribution in [2.45, 2.75) is 32.9 Å². The molecular formula is C15H21N5O3. The third-order valence-electron chi connectivity index (χ3n) is 4.78. The van der Waals surface area contributed by atoms with E-state index in [1.54, 1.807) is 18.9 Å². The Bertz CT molecular complexity index is 727. The van der Waals surface area contributed by atoms with Crippen LogP contribution in [0.2, 0.25) is 0 Å². The number of hydrogen-bond acceptors (Lipinski definition) is 4. The summed E-state index contributed by atoms with van der Waals surface area (Å²) >= 11 is 0. The average Bonchev–Trinajstić information content (AvgIpc) is 2.96. The Kier molecular flexibility index (Phi) is 3.83. The van der Waals surface area contributed by atoms with E-state index in [1.807, 2.05) is 0 Å². The third-order valence-corrected chi connectivity index (χ3v) is 4.78. The lowest BCUT2D eigenvalue weighted by atomic mass is 9.97. The minimum atomic E-state index is -0.488. The van der Waals surface area contributed by atoms with E-state index in [0.29, 0.717) is 43.3 Å². The van der Waals surface area contributed by atoms with Crippen molar-refractivity contribution < 1.29 is 9.59 Å². The minimum absolute atomic E-state index is 0.0337. The lowest BCUT2D eigenvalue weighted by Crippen LogP contribution is -2.47. The first kappa shape index (κ1) is 15.5. The second-order valence-corrected chi connectivity index (χ2v) is 6.27. The lowest BCUT2D eigenvalue weighted by molar-refractivity contribution is -0.137. The highest BCUT2D eigenvalue weighted by atomic mass is 16.2. The normalized spacial score (nSPS) is 20.5. The highest BCUT2D eigenvalue weighted by Crippen LogP contribution is 2.24. The van der Waals surface area contributed by atoms with Crippen molar-refractivity contribution >= 4 is 11.9 Å². The Hall–Kier alpha value is -2.38. The fourth-order valence-corrected chi connectivity index (χ4v) is 3.32. The largest absolute Gasteiger partial charge is 0.351 e. The molecule has 8 nitrogen and oxygen atoms in total. The van der Waals surface area contributed by atoms with Gasteiger partial charge in [-0.3, -0.25) is 14.2 Å². The van der Waals surface area contributed by atoms with Crippen molar-refractivity contribution in [1.29, 1.82) is 0 Å². The standard InChI is InChI=1S/C15H21N5O3/c1-9-17-12-8-20(7-11(12)14(22)18(9)2)13(21)10-4-3-5-19(6-10)15(16)23/h10H,3-8H2,1-2H3,(H2,16,23)/t10-/m0/s1. The molecule has 0 unspecified atom stereocenters. The van der Waals surface area contributed by atoms with Gasteiger partial charge in [0.25, 0.3) is 5.56 Å². The summed E-state index contributed by atoms with van der Waals surface area (Å²) in [4.78, 5) is 43.9. The summed E-state index contributed by atoms with van der Waals surface area (Å²) in [6.07, 6.45) is 1.50. The summed E-state index contributed by atoms with van der Waals surface area (Å²) in [5.41, 5.74) is 6.49. The quantitative estimate of drug-likeness (QED) is 0.769. The number of piperidine rings is 1. The van der Waals surface area contributed by atoms with Crippen LogP contribution in [0.5, 0.6) is 0 Å². The number of urea groups is 1. The van der Waals surface area contributed by atoms with Crippen molar-refractivity contribution in [2.75, 3.05) is 13.1 Å². The third kappa shape index (κ3) is 2.69. The zero-order valence-corrected chi connectivity index (χ0v) is 13.4. The van der Waals surface area contributed by atoms with Crippen molar-refractivity contribution in [3.63, 3.8) is 0 Å². The van der Waals surface area contributed by atoms with Gasteiger partial charge in [0.2, 0.25) is 5.91 Å². The van der Waals surface area contributed by atoms with Gasteiger partial charge in [0.05, 0.1) is 30.3 Å². The van der Waals surface area contributed by atoms with Gasteiger partial charge in [-0.25, -0.2) is 9.78 Å². The van der Waals surface area contributed by atoms with Gasteiger partial charge >= 0.3 is 6.03 Å². The number of nitrogens with zero attached hydrogens (tertiary/aromatic N) is 4. The molecule has 1 atom stereocenters. The number of carbonyl (C=O) groups is 2. The van der Waals surface area contributed by atoms with Gasteiger partial charge in [-0.1, -0.05) is 0 Å². The predicted molar refractivity (Wildman–Crippen MR) is 82.3 cm³/mol. The van der Waals surface area contributed by atoms with Gasteiger partial charge in [-0.05, 0) is 19.8 Å². The maximum atomic E-state index is 12.7. The zero-order chi connectivity index (χ0) is 16.7. The van der Waals surface area contributed by atoms with Crippen LogP contribution in [0.3, 0.4) is 0 Å². The Balaban J connectivity index is 1.77. The average molecular weight is 319 g/mol. The van der Waals surface area contributed by atoms with Gasteiger partial charge in [-0.2, -0.15) is 0 Å². The molecule has 0 bridgehead atoms. The second kappa shape index (κ2) is 5.68. The number of primary amides is 1. The van der Waals surface area contributed by atoms with Crippen LogP contribution in [0.15, 0.2) is 4.79 Å². The Morgan fingerprint density at radius 3 is 2.70 bits per heavy atom. The van der Waals surface area contributed by atoms with E-state index < -0.39 is 6.03 Å². The molecule has 1 saturated heterocycles. The number of carbonyl (C=O) groups excluding carboxylic acids is 2. The zero-order valence-electron chi connectivity index (χ0n) is 13.4. The Morgan fingerprint density at radius 1 is 1.26 bits per heavy atom. The Labute approximate surface area is 133 Å². The molecule has 0 spiro atoms. The van der Waals surface area contributed by atoms with Crippen LogP contribution in [0, 0.1) is 12.8 Å². The van der Waals surface area contributed by atoms with E-state index >= 15 is 0 Å². The van der Waals surface area contributed by atoms with E-state index in [-0.39, 0.29) is 17.4 Å². The molecule has 8 heteroatoms. The maximum Gasteiger partial charge on any atom is 0.314 e. The first-order valence-corrected chi connectivity index (χ1v) is 7.77. The van der Waals surface area contributed by atoms with Gasteiger partial charge in [0.15, 0.2) is 0 Å². The van der Waals surface area contributed by atoms with Gasteiger partial charge in [-0.15, -0.1) is 0 Å². The van der Waals surface area contributed by atoms with Crippen LogP contribution >= 0.6 is 0 Å². The molecule has 0 saturated carbocycles. The molecule has 3 amide bonds. The number of aryl methyl sites for hydroxylation is 1. The van der Waals surface area contributed by atoms with E-state index in [1.165, 1.54) is 9.47 Å². The molecular weight excluding hydrogens is 298 g/mol. The Morgan fingerprint density at radius 2 is 2.00 bits per heavy atom. The molecule has 2 aliphatic rings. The van der Waals surface area contributed by atoms with Crippen molar-refractivity contribution in [2.24, 2.45) is 18.7 Å². The second-order valence-electron chi connectivity index (χ2n) is 6.27. The predicted octanol–water partition coefficient (Wildman–Crippen LogP) is -0.278. The summed E-state index contributed by atoms with van der Waals surface area (Å²) in [6.45, 7) is 3.38. The molecule has 3 heterocycles. The molecule has 124 valence electrons. The summed E-state index contributed by atoms with van der Waals surface area (Å²) < 4.78 is 1.50. The van der Waals surface area contributed by atoms with Crippen LogP contribution in [0.25, 0.3) is 0 Å². The molecule has 2 aliphatic heterocycles. The topological polar surface area (TPSA) is 102 Å². The lowest BCUT2D eigenvalue weighted by Gasteiger charge is -2.32. The number of nitrogens with two attached hydrogens (primary N) is 1. The highest BCUT2D eigenvalue weighted by molar-refractivity contribution is 5.81. The first-order chi connectivity index (χ1) is 10.9. The molecule has 0 aromatic carbocycles. The number of rotatable bonds is 1. The van der Waals surface area contributed by atoms with Crippen LogP contribution in [0.1, 0.15) is 29.9 Å². The summed E-state index contributed by atoms with van der Waals surface area (Å²) in [5.74, 6) is 0.352. The summed E-state index contributed by atoms with van der Waals surface area (Å²) in [6, 6.07) is -0.488. The van der Waals surface area contributed by atoms with Crippen molar-refractivity contribution in [3.8, 4) is 0 Å². The molecule has 23 heavy (non-hydrogen) atoms. The van der Waals surface area contributed by atoms with Gasteiger partial charge in [0, 0.05) is 20.1 Å². The molecule has 0 radical (unpaired) electrons. The summed E-state index contributed by atoms with van der Waals surface area (Å²) in [5, 5.41) is 0. The fraction of sp³-hybridized carbons (Fsp3) is 0.600. The monoisotopic (exact) mass is 319 g/mol. The smallest absolute Gasteiger partial charge is 0.314 e. The van der Waals surface area contributed by atoms with Crippen molar-refractivity contribution in [1.82, 2.24) is 19.4 Å². The highest BCUT2D eigenvalue weighted by Gasteiger charge is 2.34. The molecule has 1 aromatic rings. The SMILES string of the molecule is Cc1nc2c(c(=O)n1C)CN(C(=O)[C@H]1CCCN(C(N)=O)C1)C2. The van der Waals surface area contributed by atoms with E-state index in [0.717, 1.165) is 12.8 Å². The molecule has 0 aliphatic carbocycles. The minimum Gasteiger partial charge on any atom is -0.351 e. The number of fused-ring (bicyclic) bond motifs is 1. The van der Waals surface area contributed by atoms with Crippen LogP contribution in [0.4, 0.5) is 4.79 Å². The molecule has 1 aromatic heterocycles. The number of hydrogen-bond donors (Lipinski definition) is 1. The first-order valence-electron chi connectivity index (χ1n) is 7.77. The van der Waals surface area contributed by atoms with Crippen LogP contribution in [-0.4, -0.2) is 44.4 Å². The summed E-state index contributed by atoms with van der Waals surface area (Å²) in [7, 11) is 1.68. The van der Waals surface area contributed by atoms with Crippen LogP contribution < -0.4 is 11.3 Å². The number of likely N-dealkylation sites (tertiary alicyclic amines) is 1.